The Labute approximate surface area is 185 Å². The third-order valence-electron chi connectivity index (χ3n) is 4.98. The number of para-hydroxylation sites is 2. The molecule has 2 N–H and O–H groups in total. The molecule has 0 aliphatic carbocycles. The lowest BCUT2D eigenvalue weighted by Crippen LogP contribution is -2.14. The number of methoxy groups -OCH3 is 1. The Hall–Kier alpha value is -3.45. The summed E-state index contributed by atoms with van der Waals surface area (Å²) >= 11 is 1.67. The summed E-state index contributed by atoms with van der Waals surface area (Å²) in [6.07, 6.45) is 2.66. The molecule has 2 aromatic heterocycles. The fraction of sp³-hybridized carbons (Fsp3) is 0.208. The zero-order chi connectivity index (χ0) is 21.6. The average molecular weight is 433 g/mol. The van der Waals surface area contributed by atoms with Crippen LogP contribution in [0.25, 0.3) is 21.3 Å². The number of amides is 1. The number of rotatable bonds is 8. The summed E-state index contributed by atoms with van der Waals surface area (Å²) in [5.74, 6) is 1.41. The topological polar surface area (TPSA) is 76.1 Å². The fourth-order valence-electron chi connectivity index (χ4n) is 3.55. The van der Waals surface area contributed by atoms with E-state index in [-0.39, 0.29) is 5.91 Å². The van der Waals surface area contributed by atoms with Crippen molar-refractivity contribution in [2.45, 2.75) is 19.8 Å². The van der Waals surface area contributed by atoms with Crippen molar-refractivity contribution in [2.24, 2.45) is 0 Å². The number of ether oxygens (including phenoxy) is 1. The van der Waals surface area contributed by atoms with E-state index in [2.05, 4.69) is 39.7 Å². The smallest absolute Gasteiger partial charge is 0.224 e. The Bertz CT molecular complexity index is 1190. The van der Waals surface area contributed by atoms with Crippen molar-refractivity contribution in [3.8, 4) is 16.9 Å². The third kappa shape index (κ3) is 4.67. The van der Waals surface area contributed by atoms with Gasteiger partial charge in [-0.2, -0.15) is 0 Å². The summed E-state index contributed by atoms with van der Waals surface area (Å²) in [7, 11) is 1.59. The number of benzene rings is 2. The van der Waals surface area contributed by atoms with E-state index in [1.54, 1.807) is 24.8 Å². The maximum atomic E-state index is 12.3. The van der Waals surface area contributed by atoms with Gasteiger partial charge in [0.1, 0.15) is 22.7 Å². The highest BCUT2D eigenvalue weighted by Gasteiger charge is 2.16. The molecule has 0 radical (unpaired) electrons. The van der Waals surface area contributed by atoms with E-state index in [1.165, 1.54) is 4.88 Å². The number of aromatic nitrogens is 2. The van der Waals surface area contributed by atoms with Gasteiger partial charge in [0.2, 0.25) is 5.91 Å². The van der Waals surface area contributed by atoms with Gasteiger partial charge >= 0.3 is 0 Å². The van der Waals surface area contributed by atoms with Crippen LogP contribution in [-0.2, 0) is 4.79 Å². The SMILES string of the molecule is COc1ccccc1NC(=O)CCCNc1ncnc2sc(C)c(-c3ccccc3)c12. The molecule has 0 unspecified atom stereocenters. The van der Waals surface area contributed by atoms with Crippen molar-refractivity contribution >= 4 is 39.0 Å². The second-order valence-corrected chi connectivity index (χ2v) is 8.28. The summed E-state index contributed by atoms with van der Waals surface area (Å²) in [6.45, 7) is 2.75. The number of fused-ring (bicyclic) bond motifs is 1. The first-order chi connectivity index (χ1) is 15.2. The lowest BCUT2D eigenvalue weighted by Gasteiger charge is -2.11. The summed E-state index contributed by atoms with van der Waals surface area (Å²) in [5, 5.41) is 7.35. The molecular formula is C24H24N4O2S. The molecule has 0 saturated carbocycles. The lowest BCUT2D eigenvalue weighted by molar-refractivity contribution is -0.116. The third-order valence-corrected chi connectivity index (χ3v) is 5.99. The van der Waals surface area contributed by atoms with Crippen LogP contribution in [0.2, 0.25) is 0 Å². The van der Waals surface area contributed by atoms with Crippen molar-refractivity contribution in [1.29, 1.82) is 0 Å². The minimum atomic E-state index is -0.0458. The van der Waals surface area contributed by atoms with Crippen LogP contribution in [0.4, 0.5) is 11.5 Å². The van der Waals surface area contributed by atoms with Crippen LogP contribution in [0, 0.1) is 6.92 Å². The molecular weight excluding hydrogens is 408 g/mol. The molecule has 7 heteroatoms. The minimum Gasteiger partial charge on any atom is -0.495 e. The number of hydrogen-bond acceptors (Lipinski definition) is 6. The van der Waals surface area contributed by atoms with Crippen molar-refractivity contribution in [3.05, 3.63) is 65.8 Å². The molecule has 0 aliphatic heterocycles. The summed E-state index contributed by atoms with van der Waals surface area (Å²) < 4.78 is 5.28. The molecule has 2 aromatic carbocycles. The largest absolute Gasteiger partial charge is 0.495 e. The highest BCUT2D eigenvalue weighted by Crippen LogP contribution is 2.40. The first-order valence-corrected chi connectivity index (χ1v) is 10.9. The van der Waals surface area contributed by atoms with Gasteiger partial charge in [0.25, 0.3) is 0 Å². The number of nitrogens with one attached hydrogen (secondary N) is 2. The number of carbonyl (C=O) groups excluding carboxylic acids is 1. The van der Waals surface area contributed by atoms with Gasteiger partial charge in [-0.3, -0.25) is 4.79 Å². The van der Waals surface area contributed by atoms with Crippen LogP contribution >= 0.6 is 11.3 Å². The van der Waals surface area contributed by atoms with E-state index in [0.29, 0.717) is 30.8 Å². The first kappa shape index (κ1) is 20.8. The molecule has 1 amide bonds. The first-order valence-electron chi connectivity index (χ1n) is 10.1. The highest BCUT2D eigenvalue weighted by molar-refractivity contribution is 7.19. The molecule has 4 rings (SSSR count). The van der Waals surface area contributed by atoms with Crippen LogP contribution in [0.1, 0.15) is 17.7 Å². The summed E-state index contributed by atoms with van der Waals surface area (Å²) in [4.78, 5) is 23.4. The van der Waals surface area contributed by atoms with Gasteiger partial charge in [-0.1, -0.05) is 42.5 Å². The minimum absolute atomic E-state index is 0.0458. The second-order valence-electron chi connectivity index (χ2n) is 7.08. The Morgan fingerprint density at radius 1 is 1.06 bits per heavy atom. The van der Waals surface area contributed by atoms with Crippen LogP contribution in [0.3, 0.4) is 0 Å². The molecule has 0 atom stereocenters. The van der Waals surface area contributed by atoms with Gasteiger partial charge in [-0.25, -0.2) is 9.97 Å². The van der Waals surface area contributed by atoms with Crippen LogP contribution in [-0.4, -0.2) is 29.5 Å². The summed E-state index contributed by atoms with van der Waals surface area (Å²) in [6, 6.07) is 17.7. The van der Waals surface area contributed by atoms with Crippen molar-refractivity contribution in [1.82, 2.24) is 9.97 Å². The molecule has 158 valence electrons. The van der Waals surface area contributed by atoms with Gasteiger partial charge in [0, 0.05) is 23.4 Å². The zero-order valence-corrected chi connectivity index (χ0v) is 18.3. The molecule has 31 heavy (non-hydrogen) atoms. The Morgan fingerprint density at radius 2 is 1.84 bits per heavy atom. The summed E-state index contributed by atoms with van der Waals surface area (Å²) in [5.41, 5.74) is 3.00. The number of hydrogen-bond donors (Lipinski definition) is 2. The van der Waals surface area contributed by atoms with Crippen LogP contribution in [0.5, 0.6) is 5.75 Å². The van der Waals surface area contributed by atoms with Gasteiger partial charge in [0.05, 0.1) is 18.2 Å². The number of carbonyl (C=O) groups is 1. The molecule has 0 fully saturated rings. The van der Waals surface area contributed by atoms with Crippen LogP contribution < -0.4 is 15.4 Å². The van der Waals surface area contributed by atoms with E-state index in [0.717, 1.165) is 27.2 Å². The van der Waals surface area contributed by atoms with E-state index < -0.39 is 0 Å². The Balaban J connectivity index is 1.42. The van der Waals surface area contributed by atoms with E-state index in [9.17, 15) is 4.79 Å². The van der Waals surface area contributed by atoms with E-state index in [4.69, 9.17) is 4.74 Å². The average Bonchev–Trinajstić information content (AvgIpc) is 3.14. The molecule has 0 bridgehead atoms. The molecule has 6 nitrogen and oxygen atoms in total. The second kappa shape index (κ2) is 9.57. The van der Waals surface area contributed by atoms with Gasteiger partial charge in [-0.05, 0) is 31.0 Å². The molecule has 0 saturated heterocycles. The van der Waals surface area contributed by atoms with Gasteiger partial charge in [-0.15, -0.1) is 11.3 Å². The number of aryl methyl sites for hydroxylation is 1. The predicted octanol–water partition coefficient (Wildman–Crippen LogP) is 5.51. The number of anilines is 2. The lowest BCUT2D eigenvalue weighted by atomic mass is 10.0. The molecule has 2 heterocycles. The maximum absolute atomic E-state index is 12.3. The van der Waals surface area contributed by atoms with Crippen molar-refractivity contribution < 1.29 is 9.53 Å². The number of thiophene rings is 1. The van der Waals surface area contributed by atoms with Crippen molar-refractivity contribution in [2.75, 3.05) is 24.3 Å². The molecule has 4 aromatic rings. The molecule has 0 aliphatic rings. The Kier molecular flexibility index (Phi) is 6.43. The highest BCUT2D eigenvalue weighted by atomic mass is 32.1. The molecule has 0 spiro atoms. The Morgan fingerprint density at radius 3 is 2.65 bits per heavy atom. The maximum Gasteiger partial charge on any atom is 0.224 e. The van der Waals surface area contributed by atoms with Gasteiger partial charge < -0.3 is 15.4 Å². The standard InChI is InChI=1S/C24H24N4O2S/c1-16-21(17-9-4-3-5-10-17)22-23(26-15-27-24(22)31-16)25-14-8-13-20(29)28-18-11-6-7-12-19(18)30-2/h3-7,9-12,15H,8,13-14H2,1-2H3,(H,28,29)(H,25,26,27). The number of nitrogens with zero attached hydrogens (tertiary/aromatic N) is 2. The fourth-order valence-corrected chi connectivity index (χ4v) is 4.56. The normalized spacial score (nSPS) is 10.8. The van der Waals surface area contributed by atoms with Gasteiger partial charge in [0.15, 0.2) is 0 Å². The van der Waals surface area contributed by atoms with E-state index >= 15 is 0 Å². The predicted molar refractivity (Wildman–Crippen MR) is 127 cm³/mol. The quantitative estimate of drug-likeness (QED) is 0.359. The zero-order valence-electron chi connectivity index (χ0n) is 17.5. The van der Waals surface area contributed by atoms with Crippen molar-refractivity contribution in [3.63, 3.8) is 0 Å². The van der Waals surface area contributed by atoms with Crippen LogP contribution in [0.15, 0.2) is 60.9 Å². The van der Waals surface area contributed by atoms with E-state index in [1.807, 2.05) is 42.5 Å². The monoisotopic (exact) mass is 432 g/mol.